The molecule has 0 unspecified atom stereocenters. The van der Waals surface area contributed by atoms with E-state index in [1.165, 1.54) is 45.1 Å². The Morgan fingerprint density at radius 2 is 1.90 bits per heavy atom. The van der Waals surface area contributed by atoms with Crippen LogP contribution in [-0.2, 0) is 6.42 Å². The van der Waals surface area contributed by atoms with Crippen LogP contribution in [0.4, 0.5) is 5.95 Å². The van der Waals surface area contributed by atoms with Crippen molar-refractivity contribution in [2.45, 2.75) is 57.9 Å². The van der Waals surface area contributed by atoms with Gasteiger partial charge in [-0.2, -0.15) is 4.98 Å². The van der Waals surface area contributed by atoms with E-state index < -0.39 is 0 Å². The summed E-state index contributed by atoms with van der Waals surface area (Å²) >= 11 is 0. The van der Waals surface area contributed by atoms with Gasteiger partial charge in [-0.25, -0.2) is 0 Å². The van der Waals surface area contributed by atoms with Gasteiger partial charge in [-0.1, -0.05) is 26.2 Å². The van der Waals surface area contributed by atoms with Gasteiger partial charge < -0.3 is 9.42 Å². The van der Waals surface area contributed by atoms with Crippen molar-refractivity contribution in [2.75, 3.05) is 31.1 Å². The molecule has 2 aliphatic rings. The third kappa shape index (κ3) is 3.14. The molecule has 1 aliphatic carbocycles. The minimum atomic E-state index is 0.744. The number of nitrogens with zero attached hydrogens (tertiary/aromatic N) is 4. The Labute approximate surface area is 121 Å². The van der Waals surface area contributed by atoms with Crippen molar-refractivity contribution in [1.82, 2.24) is 15.0 Å². The van der Waals surface area contributed by atoms with Crippen LogP contribution in [0.15, 0.2) is 4.52 Å². The molecule has 0 spiro atoms. The van der Waals surface area contributed by atoms with Gasteiger partial charge in [-0.3, -0.25) is 4.90 Å². The minimum absolute atomic E-state index is 0.744. The van der Waals surface area contributed by atoms with Gasteiger partial charge in [0.2, 0.25) is 5.89 Å². The first-order valence-corrected chi connectivity index (χ1v) is 8.18. The lowest BCUT2D eigenvalue weighted by Crippen LogP contribution is -2.39. The topological polar surface area (TPSA) is 45.4 Å². The second-order valence-corrected chi connectivity index (χ2v) is 6.01. The van der Waals surface area contributed by atoms with E-state index in [1.807, 2.05) is 6.92 Å². The van der Waals surface area contributed by atoms with Crippen LogP contribution < -0.4 is 4.90 Å². The second-order valence-electron chi connectivity index (χ2n) is 6.01. The van der Waals surface area contributed by atoms with Crippen molar-refractivity contribution in [3.8, 4) is 0 Å². The molecule has 2 heterocycles. The molecule has 0 aromatic carbocycles. The molecule has 0 radical (unpaired) electrons. The molecule has 0 N–H and O–H groups in total. The summed E-state index contributed by atoms with van der Waals surface area (Å²) in [5.41, 5.74) is 0. The van der Waals surface area contributed by atoms with Gasteiger partial charge in [-0.05, 0) is 24.4 Å². The Hall–Kier alpha value is -1.10. The number of hydrogen-bond acceptors (Lipinski definition) is 5. The first-order chi connectivity index (χ1) is 9.86. The van der Waals surface area contributed by atoms with Crippen molar-refractivity contribution < 1.29 is 4.52 Å². The van der Waals surface area contributed by atoms with Gasteiger partial charge in [-0.15, -0.1) is 0 Å². The molecule has 0 bridgehead atoms. The van der Waals surface area contributed by atoms with Crippen LogP contribution in [0.25, 0.3) is 0 Å². The molecule has 2 fully saturated rings. The summed E-state index contributed by atoms with van der Waals surface area (Å²) in [6, 6.07) is 0.820. The van der Waals surface area contributed by atoms with Gasteiger partial charge in [0.1, 0.15) is 0 Å². The van der Waals surface area contributed by atoms with E-state index in [-0.39, 0.29) is 0 Å². The zero-order valence-corrected chi connectivity index (χ0v) is 12.6. The van der Waals surface area contributed by atoms with Gasteiger partial charge in [0, 0.05) is 38.6 Å². The second kappa shape index (κ2) is 6.57. The number of anilines is 1. The highest BCUT2D eigenvalue weighted by Gasteiger charge is 2.24. The van der Waals surface area contributed by atoms with Gasteiger partial charge >= 0.3 is 0 Å². The number of aromatic nitrogens is 2. The fourth-order valence-corrected chi connectivity index (χ4v) is 3.47. The molecular weight excluding hydrogens is 252 g/mol. The Bertz CT molecular complexity index is 414. The van der Waals surface area contributed by atoms with Crippen LogP contribution in [0.2, 0.25) is 0 Å². The van der Waals surface area contributed by atoms with E-state index in [2.05, 4.69) is 19.9 Å². The zero-order valence-electron chi connectivity index (χ0n) is 12.6. The maximum Gasteiger partial charge on any atom is 0.266 e. The summed E-state index contributed by atoms with van der Waals surface area (Å²) in [6.07, 6.45) is 9.05. The van der Waals surface area contributed by atoms with Crippen LogP contribution in [0, 0.1) is 0 Å². The fraction of sp³-hybridized carbons (Fsp3) is 0.867. The molecule has 1 aromatic rings. The molecule has 5 nitrogen and oxygen atoms in total. The molecule has 20 heavy (non-hydrogen) atoms. The molecule has 3 rings (SSSR count). The Balaban J connectivity index is 1.58. The normalized spacial score (nSPS) is 22.9. The van der Waals surface area contributed by atoms with E-state index in [0.717, 1.165) is 43.9 Å². The highest BCUT2D eigenvalue weighted by Crippen LogP contribution is 2.24. The zero-order chi connectivity index (χ0) is 13.8. The van der Waals surface area contributed by atoms with Crippen molar-refractivity contribution in [3.05, 3.63) is 5.89 Å². The highest BCUT2D eigenvalue weighted by molar-refractivity contribution is 5.27. The van der Waals surface area contributed by atoms with Crippen LogP contribution >= 0.6 is 0 Å². The molecule has 1 aliphatic heterocycles. The lowest BCUT2D eigenvalue weighted by molar-refractivity contribution is 0.166. The van der Waals surface area contributed by atoms with Crippen LogP contribution in [0.5, 0.6) is 0 Å². The van der Waals surface area contributed by atoms with E-state index >= 15 is 0 Å². The quantitative estimate of drug-likeness (QED) is 0.850. The van der Waals surface area contributed by atoms with Crippen molar-refractivity contribution in [3.63, 3.8) is 0 Å². The smallest absolute Gasteiger partial charge is 0.266 e. The minimum Gasteiger partial charge on any atom is -0.337 e. The summed E-state index contributed by atoms with van der Waals surface area (Å²) in [4.78, 5) is 9.44. The first kappa shape index (κ1) is 13.9. The van der Waals surface area contributed by atoms with Crippen molar-refractivity contribution >= 4 is 5.95 Å². The van der Waals surface area contributed by atoms with E-state index in [9.17, 15) is 0 Å². The Morgan fingerprint density at radius 1 is 1.05 bits per heavy atom. The average molecular weight is 278 g/mol. The van der Waals surface area contributed by atoms with E-state index in [0.29, 0.717) is 0 Å². The SMILES string of the molecule is CCc1nc(N2CCCN(C3CCCCC3)CC2)no1. The number of rotatable bonds is 3. The van der Waals surface area contributed by atoms with Gasteiger partial charge in [0.15, 0.2) is 0 Å². The fourth-order valence-electron chi connectivity index (χ4n) is 3.47. The van der Waals surface area contributed by atoms with Crippen LogP contribution in [-0.4, -0.2) is 47.3 Å². The van der Waals surface area contributed by atoms with Crippen molar-refractivity contribution in [2.24, 2.45) is 0 Å². The van der Waals surface area contributed by atoms with Crippen LogP contribution in [0.1, 0.15) is 51.3 Å². The maximum atomic E-state index is 5.23. The lowest BCUT2D eigenvalue weighted by atomic mass is 9.94. The van der Waals surface area contributed by atoms with Crippen LogP contribution in [0.3, 0.4) is 0 Å². The van der Waals surface area contributed by atoms with E-state index in [4.69, 9.17) is 4.52 Å². The summed E-state index contributed by atoms with van der Waals surface area (Å²) in [5.74, 6) is 1.53. The van der Waals surface area contributed by atoms with E-state index in [1.54, 1.807) is 0 Å². The summed E-state index contributed by atoms with van der Waals surface area (Å²) < 4.78 is 5.23. The Kier molecular flexibility index (Phi) is 4.55. The molecule has 0 atom stereocenters. The molecule has 0 amide bonds. The summed E-state index contributed by atoms with van der Waals surface area (Å²) in [6.45, 7) is 6.48. The molecule has 1 saturated carbocycles. The predicted octanol–water partition coefficient (Wildman–Crippen LogP) is 2.48. The molecular formula is C15H26N4O. The Morgan fingerprint density at radius 3 is 2.65 bits per heavy atom. The lowest BCUT2D eigenvalue weighted by Gasteiger charge is -2.33. The summed E-state index contributed by atoms with van der Waals surface area (Å²) in [7, 11) is 0. The first-order valence-electron chi connectivity index (χ1n) is 8.18. The van der Waals surface area contributed by atoms with Gasteiger partial charge in [0.25, 0.3) is 5.95 Å². The average Bonchev–Trinajstić information content (AvgIpc) is 2.85. The third-order valence-corrected chi connectivity index (χ3v) is 4.66. The highest BCUT2D eigenvalue weighted by atomic mass is 16.5. The third-order valence-electron chi connectivity index (χ3n) is 4.66. The molecule has 1 aromatic heterocycles. The number of hydrogen-bond donors (Lipinski definition) is 0. The predicted molar refractivity (Wildman–Crippen MR) is 79.0 cm³/mol. The molecule has 1 saturated heterocycles. The summed E-state index contributed by atoms with van der Waals surface area (Å²) in [5, 5.41) is 4.11. The standard InChI is InChI=1S/C15H26N4O/c1-2-14-16-15(17-20-14)19-10-6-9-18(11-12-19)13-7-4-3-5-8-13/h13H,2-12H2,1H3. The maximum absolute atomic E-state index is 5.23. The van der Waals surface area contributed by atoms with Crippen molar-refractivity contribution in [1.29, 1.82) is 0 Å². The number of aryl methyl sites for hydroxylation is 1. The molecule has 5 heteroatoms. The monoisotopic (exact) mass is 278 g/mol. The molecule has 112 valence electrons. The van der Waals surface area contributed by atoms with Gasteiger partial charge in [0.05, 0.1) is 0 Å². The largest absolute Gasteiger partial charge is 0.337 e.